The normalized spacial score (nSPS) is 13.9. The van der Waals surface area contributed by atoms with Crippen LogP contribution in [-0.2, 0) is 0 Å². The molecule has 0 bridgehead atoms. The Labute approximate surface area is 99.9 Å². The van der Waals surface area contributed by atoms with Gasteiger partial charge in [-0.15, -0.1) is 0 Å². The Balaban J connectivity index is 3.70. The first-order chi connectivity index (χ1) is 7.05. The molecule has 0 radical (unpaired) electrons. The molecular weight excluding hydrogens is 204 g/mol. The average Bonchev–Trinajstić information content (AvgIpc) is 2.08. The van der Waals surface area contributed by atoms with Crippen LogP contribution in [0, 0.1) is 0 Å². The highest BCUT2D eigenvalue weighted by Gasteiger charge is 2.20. The molecule has 0 aromatic carbocycles. The van der Waals surface area contributed by atoms with Crippen LogP contribution in [0.25, 0.3) is 0 Å². The lowest BCUT2D eigenvalue weighted by atomic mass is 10.2. The molecule has 0 unspecified atom stereocenters. The summed E-state index contributed by atoms with van der Waals surface area (Å²) in [6.07, 6.45) is 2.03. The summed E-state index contributed by atoms with van der Waals surface area (Å²) < 4.78 is 0. The van der Waals surface area contributed by atoms with E-state index >= 15 is 0 Å². The summed E-state index contributed by atoms with van der Waals surface area (Å²) >= 11 is 0. The van der Waals surface area contributed by atoms with Gasteiger partial charge in [0.25, 0.3) is 0 Å². The van der Waals surface area contributed by atoms with Crippen molar-refractivity contribution in [3.05, 3.63) is 0 Å². The smallest absolute Gasteiger partial charge is 0.112 e. The predicted octanol–water partition coefficient (Wildman–Crippen LogP) is 1.09. The summed E-state index contributed by atoms with van der Waals surface area (Å²) in [6.45, 7) is 8.88. The number of rotatable bonds is 7. The lowest BCUT2D eigenvalue weighted by molar-refractivity contribution is -0.0707. The molecule has 0 heterocycles. The minimum atomic E-state index is -0.748. The van der Waals surface area contributed by atoms with Crippen molar-refractivity contribution in [2.75, 3.05) is 27.2 Å². The van der Waals surface area contributed by atoms with E-state index in [9.17, 15) is 10.2 Å². The van der Waals surface area contributed by atoms with Gasteiger partial charge in [-0.1, -0.05) is 0 Å². The van der Waals surface area contributed by atoms with E-state index in [4.69, 9.17) is 0 Å². The predicted molar refractivity (Wildman–Crippen MR) is 67.1 cm³/mol. The number of hydrogen-bond donors (Lipinski definition) is 2. The maximum absolute atomic E-state index is 9.70. The van der Waals surface area contributed by atoms with Crippen molar-refractivity contribution in [1.82, 2.24) is 9.80 Å². The molecular formula is C12H28N2O2. The van der Waals surface area contributed by atoms with Crippen LogP contribution in [0.15, 0.2) is 0 Å². The van der Waals surface area contributed by atoms with E-state index in [0.29, 0.717) is 0 Å². The SMILES string of the molecule is CN(CCCCN(C)C(C)(C)O)C(C)(C)O. The summed E-state index contributed by atoms with van der Waals surface area (Å²) in [5.74, 6) is 0. The fraction of sp³-hybridized carbons (Fsp3) is 1.00. The highest BCUT2D eigenvalue weighted by Crippen LogP contribution is 2.10. The summed E-state index contributed by atoms with van der Waals surface area (Å²) in [6, 6.07) is 0. The van der Waals surface area contributed by atoms with Crippen LogP contribution in [0.4, 0.5) is 0 Å². The Kier molecular flexibility index (Phi) is 5.90. The van der Waals surface area contributed by atoms with E-state index in [1.165, 1.54) is 0 Å². The van der Waals surface area contributed by atoms with Crippen LogP contribution in [0.3, 0.4) is 0 Å². The van der Waals surface area contributed by atoms with Gasteiger partial charge in [-0.25, -0.2) is 0 Å². The van der Waals surface area contributed by atoms with Gasteiger partial charge in [0.1, 0.15) is 11.4 Å². The number of nitrogens with zero attached hydrogens (tertiary/aromatic N) is 2. The molecule has 2 N–H and O–H groups in total. The van der Waals surface area contributed by atoms with Crippen molar-refractivity contribution in [2.45, 2.75) is 52.0 Å². The van der Waals surface area contributed by atoms with Gasteiger partial charge in [0.2, 0.25) is 0 Å². The number of hydrogen-bond acceptors (Lipinski definition) is 4. The van der Waals surface area contributed by atoms with E-state index in [1.807, 2.05) is 23.9 Å². The molecule has 16 heavy (non-hydrogen) atoms. The van der Waals surface area contributed by atoms with E-state index < -0.39 is 11.4 Å². The minimum absolute atomic E-state index is 0.748. The van der Waals surface area contributed by atoms with Gasteiger partial charge in [0.15, 0.2) is 0 Å². The molecule has 0 aliphatic rings. The summed E-state index contributed by atoms with van der Waals surface area (Å²) in [4.78, 5) is 3.86. The Hall–Kier alpha value is -0.160. The lowest BCUT2D eigenvalue weighted by Crippen LogP contribution is -2.42. The molecule has 98 valence electrons. The van der Waals surface area contributed by atoms with Gasteiger partial charge in [-0.05, 0) is 54.6 Å². The Morgan fingerprint density at radius 2 is 1.00 bits per heavy atom. The van der Waals surface area contributed by atoms with Crippen molar-refractivity contribution >= 4 is 0 Å². The molecule has 0 amide bonds. The van der Waals surface area contributed by atoms with Crippen LogP contribution in [0.1, 0.15) is 40.5 Å². The van der Waals surface area contributed by atoms with Crippen LogP contribution in [-0.4, -0.2) is 58.6 Å². The zero-order chi connectivity index (χ0) is 13.0. The highest BCUT2D eigenvalue weighted by molar-refractivity contribution is 4.67. The molecule has 0 aromatic rings. The third kappa shape index (κ3) is 6.43. The van der Waals surface area contributed by atoms with Crippen LogP contribution in [0.5, 0.6) is 0 Å². The quantitative estimate of drug-likeness (QED) is 0.509. The molecule has 0 aliphatic heterocycles. The Morgan fingerprint density at radius 3 is 1.19 bits per heavy atom. The second-order valence-corrected chi connectivity index (χ2v) is 5.54. The van der Waals surface area contributed by atoms with Crippen molar-refractivity contribution in [3.8, 4) is 0 Å². The van der Waals surface area contributed by atoms with Crippen molar-refractivity contribution in [2.24, 2.45) is 0 Å². The second kappa shape index (κ2) is 5.96. The Bertz CT molecular complexity index is 172. The summed E-state index contributed by atoms with van der Waals surface area (Å²) in [7, 11) is 3.83. The van der Waals surface area contributed by atoms with Gasteiger partial charge in [-0.2, -0.15) is 0 Å². The van der Waals surface area contributed by atoms with Gasteiger partial charge in [0, 0.05) is 13.1 Å². The average molecular weight is 232 g/mol. The molecule has 0 spiro atoms. The number of unbranched alkanes of at least 4 members (excludes halogenated alkanes) is 1. The molecule has 4 nitrogen and oxygen atoms in total. The second-order valence-electron chi connectivity index (χ2n) is 5.54. The van der Waals surface area contributed by atoms with E-state index in [-0.39, 0.29) is 0 Å². The summed E-state index contributed by atoms with van der Waals surface area (Å²) in [5, 5.41) is 19.4. The van der Waals surface area contributed by atoms with Crippen LogP contribution >= 0.6 is 0 Å². The molecule has 0 aromatic heterocycles. The standard InChI is InChI=1S/C12H28N2O2/c1-11(2,15)13(5)9-7-8-10-14(6)12(3,4)16/h15-16H,7-10H2,1-6H3. The van der Waals surface area contributed by atoms with E-state index in [0.717, 1.165) is 25.9 Å². The first kappa shape index (κ1) is 15.8. The largest absolute Gasteiger partial charge is 0.376 e. The first-order valence-corrected chi connectivity index (χ1v) is 5.92. The molecule has 0 rings (SSSR count). The molecule has 0 fully saturated rings. The monoisotopic (exact) mass is 232 g/mol. The topological polar surface area (TPSA) is 46.9 Å². The van der Waals surface area contributed by atoms with E-state index in [2.05, 4.69) is 0 Å². The highest BCUT2D eigenvalue weighted by atomic mass is 16.3. The van der Waals surface area contributed by atoms with Crippen molar-refractivity contribution in [3.63, 3.8) is 0 Å². The lowest BCUT2D eigenvalue weighted by Gasteiger charge is -2.32. The molecule has 0 atom stereocenters. The maximum Gasteiger partial charge on any atom is 0.112 e. The molecule has 0 aliphatic carbocycles. The number of aliphatic hydroxyl groups is 2. The zero-order valence-corrected chi connectivity index (χ0v) is 11.6. The molecule has 4 heteroatoms. The van der Waals surface area contributed by atoms with Gasteiger partial charge in [0.05, 0.1) is 0 Å². The fourth-order valence-electron chi connectivity index (χ4n) is 1.25. The van der Waals surface area contributed by atoms with Crippen LogP contribution < -0.4 is 0 Å². The molecule has 0 saturated carbocycles. The fourth-order valence-corrected chi connectivity index (χ4v) is 1.25. The third-order valence-corrected chi connectivity index (χ3v) is 3.11. The first-order valence-electron chi connectivity index (χ1n) is 5.92. The Morgan fingerprint density at radius 1 is 0.750 bits per heavy atom. The zero-order valence-electron chi connectivity index (χ0n) is 11.6. The van der Waals surface area contributed by atoms with Gasteiger partial charge in [-0.3, -0.25) is 9.80 Å². The van der Waals surface area contributed by atoms with Crippen molar-refractivity contribution in [1.29, 1.82) is 0 Å². The third-order valence-electron chi connectivity index (χ3n) is 3.11. The van der Waals surface area contributed by atoms with E-state index in [1.54, 1.807) is 27.7 Å². The van der Waals surface area contributed by atoms with Crippen molar-refractivity contribution < 1.29 is 10.2 Å². The molecule has 0 saturated heterocycles. The van der Waals surface area contributed by atoms with Crippen LogP contribution in [0.2, 0.25) is 0 Å². The van der Waals surface area contributed by atoms with Gasteiger partial charge < -0.3 is 10.2 Å². The maximum atomic E-state index is 9.70. The minimum Gasteiger partial charge on any atom is -0.376 e. The van der Waals surface area contributed by atoms with Gasteiger partial charge >= 0.3 is 0 Å². The summed E-state index contributed by atoms with van der Waals surface area (Å²) in [5.41, 5.74) is -1.50.